The van der Waals surface area contributed by atoms with Crippen molar-refractivity contribution in [3.63, 3.8) is 0 Å². The minimum Gasteiger partial charge on any atom is -0.493 e. The molecule has 0 fully saturated rings. The minimum absolute atomic E-state index is 0.157. The molecule has 122 valence electrons. The molecule has 2 N–H and O–H groups in total. The van der Waals surface area contributed by atoms with E-state index >= 15 is 0 Å². The highest BCUT2D eigenvalue weighted by atomic mass is 79.9. The predicted octanol–water partition coefficient (Wildman–Crippen LogP) is 2.99. The molecule has 1 heterocycles. The van der Waals surface area contributed by atoms with Gasteiger partial charge in [-0.1, -0.05) is 0 Å². The smallest absolute Gasteiger partial charge is 0.174 e. The van der Waals surface area contributed by atoms with Crippen LogP contribution in [0.3, 0.4) is 0 Å². The van der Waals surface area contributed by atoms with Gasteiger partial charge in [0.2, 0.25) is 0 Å². The van der Waals surface area contributed by atoms with E-state index in [-0.39, 0.29) is 11.8 Å². The highest BCUT2D eigenvalue weighted by molar-refractivity contribution is 9.10. The quantitative estimate of drug-likeness (QED) is 0.765. The van der Waals surface area contributed by atoms with Crippen molar-refractivity contribution < 1.29 is 14.3 Å². The van der Waals surface area contributed by atoms with Gasteiger partial charge in [0.05, 0.1) is 24.7 Å². The first-order chi connectivity index (χ1) is 11.0. The van der Waals surface area contributed by atoms with Gasteiger partial charge in [0.25, 0.3) is 0 Å². The van der Waals surface area contributed by atoms with Crippen LogP contribution in [0.15, 0.2) is 27.9 Å². The fraction of sp³-hybridized carbons (Fsp3) is 0.375. The van der Waals surface area contributed by atoms with E-state index in [2.05, 4.69) is 26.6 Å². The van der Waals surface area contributed by atoms with E-state index < -0.39 is 0 Å². The number of carbonyl (C=O) groups excluding carboxylic acids is 1. The molecule has 0 bridgehead atoms. The first-order valence-electron chi connectivity index (χ1n) is 7.30. The van der Waals surface area contributed by atoms with Crippen LogP contribution in [0, 0.1) is 0 Å². The Bertz CT molecular complexity index is 718. The van der Waals surface area contributed by atoms with Crippen LogP contribution in [0.5, 0.6) is 11.5 Å². The van der Waals surface area contributed by atoms with E-state index in [1.807, 2.05) is 12.1 Å². The Morgan fingerprint density at radius 1 is 1.26 bits per heavy atom. The van der Waals surface area contributed by atoms with E-state index in [9.17, 15) is 4.79 Å². The lowest BCUT2D eigenvalue weighted by Gasteiger charge is -2.34. The van der Waals surface area contributed by atoms with E-state index in [4.69, 9.17) is 21.7 Å². The van der Waals surface area contributed by atoms with Gasteiger partial charge in [-0.05, 0) is 58.7 Å². The van der Waals surface area contributed by atoms with Crippen molar-refractivity contribution in [3.8, 4) is 11.5 Å². The van der Waals surface area contributed by atoms with Crippen molar-refractivity contribution in [1.82, 2.24) is 10.6 Å². The van der Waals surface area contributed by atoms with E-state index in [1.54, 1.807) is 14.2 Å². The van der Waals surface area contributed by atoms with Gasteiger partial charge in [-0.3, -0.25) is 4.79 Å². The molecule has 2 aliphatic rings. The molecule has 1 aliphatic heterocycles. The Hall–Kier alpha value is -1.60. The normalized spacial score (nSPS) is 20.6. The number of benzene rings is 1. The molecule has 1 aromatic rings. The molecule has 23 heavy (non-hydrogen) atoms. The van der Waals surface area contributed by atoms with E-state index in [0.29, 0.717) is 23.0 Å². The molecular formula is C16H17BrN2O3S. The van der Waals surface area contributed by atoms with Crippen LogP contribution < -0.4 is 20.1 Å². The minimum atomic E-state index is -0.275. The van der Waals surface area contributed by atoms with Crippen molar-refractivity contribution in [2.75, 3.05) is 14.2 Å². The predicted molar refractivity (Wildman–Crippen MR) is 94.7 cm³/mol. The summed E-state index contributed by atoms with van der Waals surface area (Å²) in [4.78, 5) is 12.4. The maximum absolute atomic E-state index is 12.4. The fourth-order valence-electron chi connectivity index (χ4n) is 3.06. The Morgan fingerprint density at radius 3 is 2.74 bits per heavy atom. The molecule has 1 aromatic carbocycles. The van der Waals surface area contributed by atoms with Gasteiger partial charge in [0, 0.05) is 17.7 Å². The van der Waals surface area contributed by atoms with E-state index in [0.717, 1.165) is 34.1 Å². The fourth-order valence-corrected chi connectivity index (χ4v) is 3.92. The van der Waals surface area contributed by atoms with Gasteiger partial charge in [0.1, 0.15) is 0 Å². The molecule has 3 rings (SSSR count). The number of halogens is 1. The Labute approximate surface area is 148 Å². The largest absolute Gasteiger partial charge is 0.493 e. The summed E-state index contributed by atoms with van der Waals surface area (Å²) in [6.07, 6.45) is 2.27. The third-order valence-corrected chi connectivity index (χ3v) is 4.88. The first kappa shape index (κ1) is 16.3. The summed E-state index contributed by atoms with van der Waals surface area (Å²) < 4.78 is 11.5. The number of allylic oxidation sites excluding steroid dienone is 1. The zero-order valence-corrected chi connectivity index (χ0v) is 15.3. The first-order valence-corrected chi connectivity index (χ1v) is 8.50. The number of hydrogen-bond acceptors (Lipinski definition) is 4. The summed E-state index contributed by atoms with van der Waals surface area (Å²) in [5.74, 6) is 1.38. The molecule has 7 heteroatoms. The number of carbonyl (C=O) groups is 1. The summed E-state index contributed by atoms with van der Waals surface area (Å²) in [7, 11) is 3.18. The van der Waals surface area contributed by atoms with Crippen LogP contribution in [0.25, 0.3) is 0 Å². The Kier molecular flexibility index (Phi) is 4.59. The maximum Gasteiger partial charge on any atom is 0.174 e. The molecule has 1 atom stereocenters. The number of nitrogens with one attached hydrogen (secondary N) is 2. The van der Waals surface area contributed by atoms with Gasteiger partial charge in [0.15, 0.2) is 22.4 Å². The maximum atomic E-state index is 12.4. The number of hydrogen-bond donors (Lipinski definition) is 2. The lowest BCUT2D eigenvalue weighted by Crippen LogP contribution is -2.46. The number of methoxy groups -OCH3 is 2. The van der Waals surface area contributed by atoms with Crippen LogP contribution in [-0.2, 0) is 4.79 Å². The number of thiocarbonyl (C=S) groups is 1. The molecule has 0 spiro atoms. The zero-order chi connectivity index (χ0) is 16.6. The van der Waals surface area contributed by atoms with Crippen molar-refractivity contribution >= 4 is 39.0 Å². The van der Waals surface area contributed by atoms with Crippen LogP contribution in [0.4, 0.5) is 0 Å². The van der Waals surface area contributed by atoms with Crippen molar-refractivity contribution in [3.05, 3.63) is 33.4 Å². The molecule has 0 saturated carbocycles. The van der Waals surface area contributed by atoms with E-state index in [1.165, 1.54) is 0 Å². The summed E-state index contributed by atoms with van der Waals surface area (Å²) in [6.45, 7) is 0. The van der Waals surface area contributed by atoms with Gasteiger partial charge < -0.3 is 20.1 Å². The highest BCUT2D eigenvalue weighted by Crippen LogP contribution is 2.41. The number of ether oxygens (including phenoxy) is 2. The van der Waals surface area contributed by atoms with Gasteiger partial charge in [-0.15, -0.1) is 0 Å². The summed E-state index contributed by atoms with van der Waals surface area (Å²) in [6, 6.07) is 3.53. The highest BCUT2D eigenvalue weighted by Gasteiger charge is 2.33. The van der Waals surface area contributed by atoms with Crippen molar-refractivity contribution in [1.29, 1.82) is 0 Å². The molecule has 0 aromatic heterocycles. The molecule has 0 saturated heterocycles. The molecule has 1 unspecified atom stereocenters. The molecule has 5 nitrogen and oxygen atoms in total. The molecule has 0 radical (unpaired) electrons. The Balaban J connectivity index is 2.11. The van der Waals surface area contributed by atoms with Crippen molar-refractivity contribution in [2.24, 2.45) is 0 Å². The van der Waals surface area contributed by atoms with Crippen LogP contribution in [0.2, 0.25) is 0 Å². The second-order valence-corrected chi connectivity index (χ2v) is 6.70. The van der Waals surface area contributed by atoms with Crippen molar-refractivity contribution in [2.45, 2.75) is 25.3 Å². The molecular weight excluding hydrogens is 380 g/mol. The number of ketones is 1. The lowest BCUT2D eigenvalue weighted by molar-refractivity contribution is -0.116. The van der Waals surface area contributed by atoms with Crippen LogP contribution in [0.1, 0.15) is 30.9 Å². The summed E-state index contributed by atoms with van der Waals surface area (Å²) in [5.41, 5.74) is 2.60. The van der Waals surface area contributed by atoms with Gasteiger partial charge in [-0.25, -0.2) is 0 Å². The molecule has 1 aliphatic carbocycles. The summed E-state index contributed by atoms with van der Waals surface area (Å²) in [5, 5.41) is 6.86. The average molecular weight is 397 g/mol. The molecule has 0 amide bonds. The monoisotopic (exact) mass is 396 g/mol. The second-order valence-electron chi connectivity index (χ2n) is 5.44. The standard InChI is InChI=1S/C16H17BrN2O3S/c1-21-12-7-8(6-9(17)15(12)22-2)14-13-10(18-16(23)19-14)4-3-5-11(13)20/h6-7,14H,3-5H2,1-2H3,(H2,18,19,23). The number of rotatable bonds is 3. The Morgan fingerprint density at radius 2 is 2.04 bits per heavy atom. The average Bonchev–Trinajstić information content (AvgIpc) is 2.53. The van der Waals surface area contributed by atoms with Crippen LogP contribution >= 0.6 is 28.1 Å². The number of Topliss-reactive ketones (excluding diaryl/α,β-unsaturated/α-hetero) is 1. The SMILES string of the molecule is COc1cc(C2NC(=S)NC3=C2C(=O)CCC3)cc(Br)c1OC. The summed E-state index contributed by atoms with van der Waals surface area (Å²) >= 11 is 8.80. The van der Waals surface area contributed by atoms with Crippen LogP contribution in [-0.4, -0.2) is 25.1 Å². The third kappa shape index (κ3) is 2.95. The van der Waals surface area contributed by atoms with Gasteiger partial charge >= 0.3 is 0 Å². The van der Waals surface area contributed by atoms with Gasteiger partial charge in [-0.2, -0.15) is 0 Å². The topological polar surface area (TPSA) is 59.6 Å². The lowest BCUT2D eigenvalue weighted by atomic mass is 9.85. The second kappa shape index (κ2) is 6.49. The zero-order valence-electron chi connectivity index (χ0n) is 12.9. The third-order valence-electron chi connectivity index (χ3n) is 4.07.